The summed E-state index contributed by atoms with van der Waals surface area (Å²) in [5.41, 5.74) is 0. The molecule has 17 heavy (non-hydrogen) atoms. The molecule has 2 heterocycles. The number of pyridine rings is 1. The largest absolute Gasteiger partial charge is 0.490 e. The lowest BCUT2D eigenvalue weighted by atomic mass is 10.4. The minimum Gasteiger partial charge on any atom is -0.490 e. The highest BCUT2D eigenvalue weighted by molar-refractivity contribution is 9.10. The van der Waals surface area contributed by atoms with Crippen molar-refractivity contribution in [2.24, 2.45) is 0 Å². The van der Waals surface area contributed by atoms with Gasteiger partial charge in [-0.15, -0.1) is 0 Å². The molecule has 0 saturated carbocycles. The Kier molecular flexibility index (Phi) is 5.07. The van der Waals surface area contributed by atoms with E-state index in [0.717, 1.165) is 17.4 Å². The van der Waals surface area contributed by atoms with Crippen molar-refractivity contribution in [1.82, 2.24) is 9.88 Å². The van der Waals surface area contributed by atoms with Crippen molar-refractivity contribution < 1.29 is 4.74 Å². The van der Waals surface area contributed by atoms with Gasteiger partial charge in [0.2, 0.25) is 0 Å². The molecular weight excluding hydrogens is 304 g/mol. The monoisotopic (exact) mass is 318 g/mol. The third-order valence-corrected chi connectivity index (χ3v) is 3.57. The highest BCUT2D eigenvalue weighted by Gasteiger charge is 2.10. The van der Waals surface area contributed by atoms with Crippen LogP contribution in [-0.2, 0) is 0 Å². The van der Waals surface area contributed by atoms with Gasteiger partial charge in [-0.05, 0) is 54.3 Å². The molecule has 0 bridgehead atoms. The highest BCUT2D eigenvalue weighted by Crippen LogP contribution is 2.25. The van der Waals surface area contributed by atoms with Gasteiger partial charge in [-0.3, -0.25) is 0 Å². The Bertz CT molecular complexity index is 370. The lowest BCUT2D eigenvalue weighted by molar-refractivity contribution is 0.263. The number of rotatable bonds is 5. The van der Waals surface area contributed by atoms with Gasteiger partial charge in [0.05, 0.1) is 6.61 Å². The van der Waals surface area contributed by atoms with Gasteiger partial charge in [-0.25, -0.2) is 4.98 Å². The van der Waals surface area contributed by atoms with E-state index in [2.05, 4.69) is 25.8 Å². The van der Waals surface area contributed by atoms with E-state index in [1.54, 1.807) is 6.20 Å². The Morgan fingerprint density at radius 3 is 2.94 bits per heavy atom. The van der Waals surface area contributed by atoms with Gasteiger partial charge in [-0.2, -0.15) is 0 Å². The van der Waals surface area contributed by atoms with Crippen LogP contribution >= 0.6 is 27.5 Å². The van der Waals surface area contributed by atoms with E-state index in [9.17, 15) is 0 Å². The number of halogens is 2. The molecule has 1 fully saturated rings. The first-order valence-corrected chi connectivity index (χ1v) is 7.09. The van der Waals surface area contributed by atoms with Crippen molar-refractivity contribution in [3.05, 3.63) is 21.9 Å². The number of aromatic nitrogens is 1. The van der Waals surface area contributed by atoms with Gasteiger partial charge < -0.3 is 9.64 Å². The second-order valence-corrected chi connectivity index (χ2v) is 5.47. The summed E-state index contributed by atoms with van der Waals surface area (Å²) >= 11 is 9.28. The topological polar surface area (TPSA) is 25.4 Å². The normalized spacial score (nSPS) is 16.4. The Labute approximate surface area is 115 Å². The van der Waals surface area contributed by atoms with Gasteiger partial charge in [0.15, 0.2) is 10.9 Å². The molecule has 1 aromatic rings. The second-order valence-electron chi connectivity index (χ2n) is 4.19. The van der Waals surface area contributed by atoms with E-state index < -0.39 is 0 Å². The van der Waals surface area contributed by atoms with E-state index >= 15 is 0 Å². The molecule has 0 radical (unpaired) electrons. The number of hydrogen-bond donors (Lipinski definition) is 0. The number of nitrogens with zero attached hydrogens (tertiary/aromatic N) is 2. The van der Waals surface area contributed by atoms with Crippen LogP contribution in [0.1, 0.15) is 19.3 Å². The summed E-state index contributed by atoms with van der Waals surface area (Å²) < 4.78 is 6.51. The lowest BCUT2D eigenvalue weighted by Crippen LogP contribution is -2.21. The summed E-state index contributed by atoms with van der Waals surface area (Å²) in [4.78, 5) is 6.49. The predicted molar refractivity (Wildman–Crippen MR) is 72.7 cm³/mol. The minimum atomic E-state index is 0.425. The number of ether oxygens (including phenoxy) is 1. The second kappa shape index (κ2) is 6.57. The van der Waals surface area contributed by atoms with Crippen molar-refractivity contribution in [2.75, 3.05) is 26.2 Å². The van der Waals surface area contributed by atoms with Crippen LogP contribution in [0.25, 0.3) is 0 Å². The first-order valence-electron chi connectivity index (χ1n) is 5.92. The zero-order valence-corrected chi connectivity index (χ0v) is 12.0. The van der Waals surface area contributed by atoms with Crippen LogP contribution in [0.15, 0.2) is 16.7 Å². The summed E-state index contributed by atoms with van der Waals surface area (Å²) in [5, 5.41) is 0.425. The van der Waals surface area contributed by atoms with E-state index in [0.29, 0.717) is 17.5 Å². The van der Waals surface area contributed by atoms with Crippen LogP contribution in [-0.4, -0.2) is 36.1 Å². The molecule has 0 atom stereocenters. The molecule has 94 valence electrons. The van der Waals surface area contributed by atoms with Gasteiger partial charge >= 0.3 is 0 Å². The first-order chi connectivity index (χ1) is 8.25. The molecule has 0 N–H and O–H groups in total. The van der Waals surface area contributed by atoms with Crippen LogP contribution < -0.4 is 4.74 Å². The molecule has 0 spiro atoms. The molecule has 1 aliphatic heterocycles. The maximum absolute atomic E-state index is 5.93. The van der Waals surface area contributed by atoms with E-state index in [1.165, 1.54) is 25.9 Å². The lowest BCUT2D eigenvalue weighted by Gasteiger charge is -2.14. The third kappa shape index (κ3) is 4.12. The molecule has 0 aromatic carbocycles. The van der Waals surface area contributed by atoms with Gasteiger partial charge in [0.25, 0.3) is 0 Å². The van der Waals surface area contributed by atoms with Crippen molar-refractivity contribution >= 4 is 27.5 Å². The van der Waals surface area contributed by atoms with Crippen LogP contribution in [0.4, 0.5) is 0 Å². The number of hydrogen-bond acceptors (Lipinski definition) is 3. The van der Waals surface area contributed by atoms with Crippen molar-refractivity contribution in [2.45, 2.75) is 19.3 Å². The summed E-state index contributed by atoms with van der Waals surface area (Å²) in [6.07, 6.45) is 5.37. The molecule has 0 aliphatic carbocycles. The van der Waals surface area contributed by atoms with Crippen molar-refractivity contribution in [3.63, 3.8) is 0 Å². The third-order valence-electron chi connectivity index (χ3n) is 2.85. The zero-order valence-electron chi connectivity index (χ0n) is 9.66. The summed E-state index contributed by atoms with van der Waals surface area (Å²) in [6.45, 7) is 4.27. The molecule has 0 unspecified atom stereocenters. The Hall–Kier alpha value is -0.320. The maximum Gasteiger partial charge on any atom is 0.171 e. The molecule has 2 rings (SSSR count). The SMILES string of the molecule is Clc1ncc(Br)cc1OCCCN1CCCC1. The molecule has 1 saturated heterocycles. The fourth-order valence-corrected chi connectivity index (χ4v) is 2.45. The van der Waals surface area contributed by atoms with E-state index in [4.69, 9.17) is 16.3 Å². The maximum atomic E-state index is 5.93. The Balaban J connectivity index is 1.72. The molecule has 1 aliphatic rings. The van der Waals surface area contributed by atoms with Crippen molar-refractivity contribution in [1.29, 1.82) is 0 Å². The van der Waals surface area contributed by atoms with Gasteiger partial charge in [-0.1, -0.05) is 11.6 Å². The van der Waals surface area contributed by atoms with Crippen molar-refractivity contribution in [3.8, 4) is 5.75 Å². The smallest absolute Gasteiger partial charge is 0.171 e. The van der Waals surface area contributed by atoms with Crippen LogP contribution in [0.5, 0.6) is 5.75 Å². The standard InChI is InChI=1S/C12H16BrClN2O/c13-10-8-11(12(14)15-9-10)17-7-3-6-16-4-1-2-5-16/h8-9H,1-7H2. The van der Waals surface area contributed by atoms with Gasteiger partial charge in [0, 0.05) is 17.2 Å². The summed E-state index contributed by atoms with van der Waals surface area (Å²) in [6, 6.07) is 1.85. The zero-order chi connectivity index (χ0) is 12.1. The summed E-state index contributed by atoms with van der Waals surface area (Å²) in [5.74, 6) is 0.655. The average Bonchev–Trinajstić information content (AvgIpc) is 2.82. The van der Waals surface area contributed by atoms with E-state index in [1.807, 2.05) is 6.07 Å². The fourth-order valence-electron chi connectivity index (χ4n) is 1.98. The molecular formula is C12H16BrClN2O. The number of likely N-dealkylation sites (tertiary alicyclic amines) is 1. The van der Waals surface area contributed by atoms with Crippen LogP contribution in [0.3, 0.4) is 0 Å². The predicted octanol–water partition coefficient (Wildman–Crippen LogP) is 3.36. The van der Waals surface area contributed by atoms with E-state index in [-0.39, 0.29) is 0 Å². The molecule has 0 amide bonds. The molecule has 1 aromatic heterocycles. The van der Waals surface area contributed by atoms with Gasteiger partial charge in [0.1, 0.15) is 0 Å². The fraction of sp³-hybridized carbons (Fsp3) is 0.583. The Morgan fingerprint density at radius 1 is 1.41 bits per heavy atom. The molecule has 3 nitrogen and oxygen atoms in total. The van der Waals surface area contributed by atoms with Crippen LogP contribution in [0, 0.1) is 0 Å². The molecule has 5 heteroatoms. The Morgan fingerprint density at radius 2 is 2.18 bits per heavy atom. The average molecular weight is 320 g/mol. The first kappa shape index (κ1) is 13.1. The van der Waals surface area contributed by atoms with Crippen LogP contribution in [0.2, 0.25) is 5.15 Å². The quantitative estimate of drug-likeness (QED) is 0.614. The highest BCUT2D eigenvalue weighted by atomic mass is 79.9. The minimum absolute atomic E-state index is 0.425. The summed E-state index contributed by atoms with van der Waals surface area (Å²) in [7, 11) is 0.